The Morgan fingerprint density at radius 2 is 1.67 bits per heavy atom. The highest BCUT2D eigenvalue weighted by Crippen LogP contribution is 2.23. The van der Waals surface area contributed by atoms with Gasteiger partial charge in [-0.25, -0.2) is 13.2 Å². The molecule has 94 valence electrons. The molecule has 0 saturated heterocycles. The van der Waals surface area contributed by atoms with Gasteiger partial charge in [0, 0.05) is 10.0 Å². The SMILES string of the molecule is Fc1ccc(F)c(COc2cc(Br)ccc2F)c1. The van der Waals surface area contributed by atoms with Crippen LogP contribution in [0.3, 0.4) is 0 Å². The van der Waals surface area contributed by atoms with Crippen molar-refractivity contribution in [3.8, 4) is 5.75 Å². The summed E-state index contributed by atoms with van der Waals surface area (Å²) >= 11 is 3.17. The first-order valence-corrected chi connectivity index (χ1v) is 5.87. The summed E-state index contributed by atoms with van der Waals surface area (Å²) in [7, 11) is 0. The Morgan fingerprint density at radius 1 is 0.944 bits per heavy atom. The standard InChI is InChI=1S/C13H8BrF3O/c14-9-1-3-12(17)13(6-9)18-7-8-5-10(15)2-4-11(8)16/h1-6H,7H2. The maximum absolute atomic E-state index is 13.3. The number of benzene rings is 2. The van der Waals surface area contributed by atoms with Gasteiger partial charge >= 0.3 is 0 Å². The molecule has 0 heterocycles. The van der Waals surface area contributed by atoms with Crippen LogP contribution in [0.25, 0.3) is 0 Å². The first-order valence-electron chi connectivity index (χ1n) is 5.08. The second kappa shape index (κ2) is 5.44. The van der Waals surface area contributed by atoms with Crippen LogP contribution in [0.5, 0.6) is 5.75 Å². The molecule has 18 heavy (non-hydrogen) atoms. The molecule has 0 unspecified atom stereocenters. The summed E-state index contributed by atoms with van der Waals surface area (Å²) in [6.45, 7) is -0.239. The van der Waals surface area contributed by atoms with E-state index in [1.54, 1.807) is 0 Å². The third kappa shape index (κ3) is 3.04. The molecule has 1 nitrogen and oxygen atoms in total. The molecular formula is C13H8BrF3O. The van der Waals surface area contributed by atoms with Crippen LogP contribution in [0.15, 0.2) is 40.9 Å². The lowest BCUT2D eigenvalue weighted by Crippen LogP contribution is -2.00. The van der Waals surface area contributed by atoms with E-state index in [2.05, 4.69) is 15.9 Å². The summed E-state index contributed by atoms with van der Waals surface area (Å²) in [6, 6.07) is 7.20. The molecule has 0 bridgehead atoms. The van der Waals surface area contributed by atoms with Crippen LogP contribution in [-0.4, -0.2) is 0 Å². The van der Waals surface area contributed by atoms with Crippen molar-refractivity contribution in [3.63, 3.8) is 0 Å². The molecule has 0 spiro atoms. The van der Waals surface area contributed by atoms with Crippen LogP contribution in [0.4, 0.5) is 13.2 Å². The number of ether oxygens (including phenoxy) is 1. The lowest BCUT2D eigenvalue weighted by atomic mass is 10.2. The number of hydrogen-bond donors (Lipinski definition) is 0. The minimum absolute atomic E-state index is 0.0203. The summed E-state index contributed by atoms with van der Waals surface area (Å²) in [6.07, 6.45) is 0. The smallest absolute Gasteiger partial charge is 0.165 e. The summed E-state index contributed by atoms with van der Waals surface area (Å²) in [5, 5.41) is 0. The van der Waals surface area contributed by atoms with Crippen molar-refractivity contribution in [2.75, 3.05) is 0 Å². The molecular weight excluding hydrogens is 309 g/mol. The molecule has 0 saturated carbocycles. The zero-order valence-corrected chi connectivity index (χ0v) is 10.7. The van der Waals surface area contributed by atoms with Crippen LogP contribution >= 0.6 is 15.9 Å². The molecule has 0 amide bonds. The largest absolute Gasteiger partial charge is 0.486 e. The van der Waals surface area contributed by atoms with E-state index >= 15 is 0 Å². The van der Waals surface area contributed by atoms with Gasteiger partial charge in [-0.1, -0.05) is 15.9 Å². The Morgan fingerprint density at radius 3 is 2.44 bits per heavy atom. The Bertz CT molecular complexity index is 521. The van der Waals surface area contributed by atoms with Crippen molar-refractivity contribution < 1.29 is 17.9 Å². The molecule has 0 aliphatic heterocycles. The molecule has 2 rings (SSSR count). The van der Waals surface area contributed by atoms with Crippen LogP contribution in [-0.2, 0) is 6.61 Å². The fourth-order valence-electron chi connectivity index (χ4n) is 1.40. The second-order valence-electron chi connectivity index (χ2n) is 3.60. The summed E-state index contributed by atoms with van der Waals surface area (Å²) in [4.78, 5) is 0. The zero-order chi connectivity index (χ0) is 13.1. The maximum Gasteiger partial charge on any atom is 0.165 e. The molecule has 0 aliphatic carbocycles. The van der Waals surface area contributed by atoms with Crippen molar-refractivity contribution in [2.24, 2.45) is 0 Å². The van der Waals surface area contributed by atoms with Crippen molar-refractivity contribution in [3.05, 3.63) is 63.9 Å². The fraction of sp³-hybridized carbons (Fsp3) is 0.0769. The first-order chi connectivity index (χ1) is 8.56. The molecule has 2 aromatic carbocycles. The van der Waals surface area contributed by atoms with Gasteiger partial charge in [0.15, 0.2) is 11.6 Å². The van der Waals surface area contributed by atoms with E-state index in [4.69, 9.17) is 4.74 Å². The topological polar surface area (TPSA) is 9.23 Å². The van der Waals surface area contributed by atoms with Crippen LogP contribution in [0.2, 0.25) is 0 Å². The monoisotopic (exact) mass is 316 g/mol. The predicted molar refractivity (Wildman–Crippen MR) is 64.8 cm³/mol. The Hall–Kier alpha value is -1.49. The zero-order valence-electron chi connectivity index (χ0n) is 9.09. The van der Waals surface area contributed by atoms with E-state index in [-0.39, 0.29) is 17.9 Å². The highest BCUT2D eigenvalue weighted by molar-refractivity contribution is 9.10. The normalized spacial score (nSPS) is 10.4. The highest BCUT2D eigenvalue weighted by Gasteiger charge is 2.08. The number of halogens is 4. The van der Waals surface area contributed by atoms with Gasteiger partial charge in [0.1, 0.15) is 18.2 Å². The van der Waals surface area contributed by atoms with Gasteiger partial charge in [0.05, 0.1) is 0 Å². The lowest BCUT2D eigenvalue weighted by molar-refractivity contribution is 0.284. The minimum atomic E-state index is -0.591. The quantitative estimate of drug-likeness (QED) is 0.813. The van der Waals surface area contributed by atoms with E-state index in [0.29, 0.717) is 4.47 Å². The van der Waals surface area contributed by atoms with Gasteiger partial charge in [-0.2, -0.15) is 0 Å². The molecule has 0 fully saturated rings. The molecule has 0 aliphatic rings. The van der Waals surface area contributed by atoms with Crippen LogP contribution < -0.4 is 4.74 Å². The third-order valence-corrected chi connectivity index (χ3v) is 2.78. The average molecular weight is 317 g/mol. The predicted octanol–water partition coefficient (Wildman–Crippen LogP) is 4.45. The molecule has 5 heteroatoms. The second-order valence-corrected chi connectivity index (χ2v) is 4.51. The Balaban J connectivity index is 2.16. The lowest BCUT2D eigenvalue weighted by Gasteiger charge is -2.08. The first kappa shape index (κ1) is 13.0. The number of hydrogen-bond acceptors (Lipinski definition) is 1. The van der Waals surface area contributed by atoms with Gasteiger partial charge in [-0.3, -0.25) is 0 Å². The van der Waals surface area contributed by atoms with Gasteiger partial charge in [0.2, 0.25) is 0 Å². The average Bonchev–Trinajstić information content (AvgIpc) is 2.34. The summed E-state index contributed by atoms with van der Waals surface area (Å²) in [5.74, 6) is -1.74. The molecule has 0 atom stereocenters. The van der Waals surface area contributed by atoms with Crippen LogP contribution in [0.1, 0.15) is 5.56 Å². The van der Waals surface area contributed by atoms with Crippen molar-refractivity contribution in [2.45, 2.75) is 6.61 Å². The fourth-order valence-corrected chi connectivity index (χ4v) is 1.74. The van der Waals surface area contributed by atoms with Gasteiger partial charge in [-0.05, 0) is 36.4 Å². The number of rotatable bonds is 3. The van der Waals surface area contributed by atoms with E-state index in [1.165, 1.54) is 18.2 Å². The molecule has 0 N–H and O–H groups in total. The van der Waals surface area contributed by atoms with Crippen molar-refractivity contribution >= 4 is 15.9 Å². The van der Waals surface area contributed by atoms with E-state index in [1.807, 2.05) is 0 Å². The van der Waals surface area contributed by atoms with E-state index in [9.17, 15) is 13.2 Å². The maximum atomic E-state index is 13.3. The molecule has 0 aromatic heterocycles. The molecule has 0 radical (unpaired) electrons. The Kier molecular flexibility index (Phi) is 3.91. The third-order valence-electron chi connectivity index (χ3n) is 2.28. The summed E-state index contributed by atoms with van der Waals surface area (Å²) in [5.41, 5.74) is 0.0365. The van der Waals surface area contributed by atoms with Gasteiger partial charge in [0.25, 0.3) is 0 Å². The van der Waals surface area contributed by atoms with E-state index in [0.717, 1.165) is 18.2 Å². The van der Waals surface area contributed by atoms with Gasteiger partial charge in [-0.15, -0.1) is 0 Å². The minimum Gasteiger partial charge on any atom is -0.486 e. The highest BCUT2D eigenvalue weighted by atomic mass is 79.9. The van der Waals surface area contributed by atoms with Crippen LogP contribution in [0, 0.1) is 17.5 Å². The van der Waals surface area contributed by atoms with E-state index < -0.39 is 17.5 Å². The van der Waals surface area contributed by atoms with Gasteiger partial charge < -0.3 is 4.74 Å². The van der Waals surface area contributed by atoms with Crippen molar-refractivity contribution in [1.82, 2.24) is 0 Å². The molecule has 2 aromatic rings. The van der Waals surface area contributed by atoms with Crippen molar-refractivity contribution in [1.29, 1.82) is 0 Å². The summed E-state index contributed by atoms with van der Waals surface area (Å²) < 4.78 is 45.3. The Labute approximate surface area is 110 Å².